The Morgan fingerprint density at radius 1 is 1.50 bits per heavy atom. The van der Waals surface area contributed by atoms with Crippen LogP contribution < -0.4 is 0 Å². The van der Waals surface area contributed by atoms with Gasteiger partial charge in [0.1, 0.15) is 0 Å². The van der Waals surface area contributed by atoms with Gasteiger partial charge >= 0.3 is 0 Å². The molecule has 0 bridgehead atoms. The van der Waals surface area contributed by atoms with Gasteiger partial charge in [-0.2, -0.15) is 0 Å². The van der Waals surface area contributed by atoms with Crippen molar-refractivity contribution in [2.24, 2.45) is 0 Å². The Morgan fingerprint density at radius 2 is 2.00 bits per heavy atom. The van der Waals surface area contributed by atoms with E-state index in [2.05, 4.69) is 12.7 Å². The van der Waals surface area contributed by atoms with Crippen LogP contribution >= 0.6 is 0 Å². The van der Waals surface area contributed by atoms with Gasteiger partial charge in [0, 0.05) is 0 Å². The fourth-order valence-corrected chi connectivity index (χ4v) is 0.228. The van der Waals surface area contributed by atoms with Crippen molar-refractivity contribution in [3.05, 3.63) is 18.4 Å². The third-order valence-electron chi connectivity index (χ3n) is 0.551. The Kier molecular flexibility index (Phi) is 21.0. The molecule has 0 aromatic carbocycles. The highest BCUT2D eigenvalue weighted by molar-refractivity contribution is 4.71. The number of allylic oxidation sites excluding steroid dienone is 1. The van der Waals surface area contributed by atoms with Crippen molar-refractivity contribution < 1.29 is 0 Å². The topological polar surface area (TPSA) is 0 Å². The molecule has 0 nitrogen and oxygen atoms in total. The average molecular weight is 111 g/mol. The van der Waals surface area contributed by atoms with E-state index in [1.165, 1.54) is 0 Å². The van der Waals surface area contributed by atoms with Crippen LogP contribution in [0, 0.1) is 6.58 Å². The second-order valence-electron chi connectivity index (χ2n) is 1.16. The molecule has 47 valence electrons. The average Bonchev–Trinajstić information content (AvgIpc) is 1.88. The molecule has 0 aromatic rings. The Labute approximate surface area is 52.9 Å². The number of hydrogen-bond donors (Lipinski definition) is 0. The molecule has 0 aliphatic carbocycles. The molecule has 0 rings (SSSR count). The monoisotopic (exact) mass is 111 g/mol. The molecule has 0 amide bonds. The maximum absolute atomic E-state index is 4.91. The maximum atomic E-state index is 4.91. The van der Waals surface area contributed by atoms with Crippen LogP contribution in [0.3, 0.4) is 0 Å². The fourth-order valence-electron chi connectivity index (χ4n) is 0.228. The van der Waals surface area contributed by atoms with Crippen molar-refractivity contribution in [3.8, 4) is 0 Å². The summed E-state index contributed by atoms with van der Waals surface area (Å²) in [6, 6.07) is 0. The van der Waals surface area contributed by atoms with E-state index >= 15 is 0 Å². The van der Waals surface area contributed by atoms with Crippen molar-refractivity contribution in [2.75, 3.05) is 0 Å². The standard InChI is InChI=1S/C6H9.C2H6/c1-3-5-6-4-2;1-2/h1,5H,4,6H2,2H3;1-2H3. The zero-order valence-electron chi connectivity index (χ0n) is 6.07. The van der Waals surface area contributed by atoms with E-state index in [1.807, 2.05) is 19.9 Å². The molecule has 0 saturated heterocycles. The third-order valence-corrected chi connectivity index (χ3v) is 0.551. The minimum Gasteiger partial charge on any atom is -0.125 e. The molecule has 0 unspecified atom stereocenters. The Bertz CT molecular complexity index is 56.4. The largest absolute Gasteiger partial charge is 0.125 e. The molecule has 0 aliphatic heterocycles. The molecule has 0 fully saturated rings. The van der Waals surface area contributed by atoms with Gasteiger partial charge in [0.15, 0.2) is 0 Å². The number of hydrogen-bond acceptors (Lipinski definition) is 0. The lowest BCUT2D eigenvalue weighted by Gasteiger charge is -1.73. The molecule has 0 saturated carbocycles. The predicted octanol–water partition coefficient (Wildman–Crippen LogP) is 2.96. The smallest absolute Gasteiger partial charge is 0.0126 e. The van der Waals surface area contributed by atoms with Gasteiger partial charge in [-0.15, -0.1) is 5.73 Å². The Hall–Kier alpha value is -0.480. The highest BCUT2D eigenvalue weighted by atomic mass is 13.7. The van der Waals surface area contributed by atoms with E-state index in [9.17, 15) is 0 Å². The summed E-state index contributed by atoms with van der Waals surface area (Å²) >= 11 is 0. The van der Waals surface area contributed by atoms with Crippen LogP contribution in [0.25, 0.3) is 0 Å². The van der Waals surface area contributed by atoms with Crippen molar-refractivity contribution in [1.29, 1.82) is 0 Å². The summed E-state index contributed by atoms with van der Waals surface area (Å²) in [7, 11) is 0. The molecule has 0 heterocycles. The van der Waals surface area contributed by atoms with Crippen LogP contribution in [0.1, 0.15) is 33.6 Å². The highest BCUT2D eigenvalue weighted by Gasteiger charge is 1.64. The molecular weight excluding hydrogens is 96.1 g/mol. The van der Waals surface area contributed by atoms with Crippen molar-refractivity contribution >= 4 is 0 Å². The summed E-state index contributed by atoms with van der Waals surface area (Å²) in [4.78, 5) is 0. The molecule has 0 spiro atoms. The van der Waals surface area contributed by atoms with Crippen LogP contribution in [0.15, 0.2) is 11.8 Å². The second-order valence-corrected chi connectivity index (χ2v) is 1.16. The van der Waals surface area contributed by atoms with E-state index in [0.29, 0.717) is 0 Å². The van der Waals surface area contributed by atoms with E-state index < -0.39 is 0 Å². The first kappa shape index (κ1) is 10.5. The normalized spacial score (nSPS) is 5.88. The van der Waals surface area contributed by atoms with Gasteiger partial charge < -0.3 is 0 Å². The van der Waals surface area contributed by atoms with E-state index in [0.717, 1.165) is 12.8 Å². The number of rotatable bonds is 2. The van der Waals surface area contributed by atoms with Crippen molar-refractivity contribution in [3.63, 3.8) is 0 Å². The minimum absolute atomic E-state index is 1.05. The third kappa shape index (κ3) is 17.8. The summed E-state index contributed by atoms with van der Waals surface area (Å²) < 4.78 is 0. The Morgan fingerprint density at radius 3 is 2.12 bits per heavy atom. The lowest BCUT2D eigenvalue weighted by Crippen LogP contribution is -1.53. The fraction of sp³-hybridized carbons (Fsp3) is 0.625. The van der Waals surface area contributed by atoms with E-state index in [1.54, 1.807) is 0 Å². The molecule has 0 aromatic heterocycles. The van der Waals surface area contributed by atoms with E-state index in [-0.39, 0.29) is 0 Å². The second kappa shape index (κ2) is 16.0. The first-order chi connectivity index (χ1) is 3.91. The summed E-state index contributed by atoms with van der Waals surface area (Å²) in [6.07, 6.45) is 4.04. The van der Waals surface area contributed by atoms with Crippen LogP contribution in [-0.2, 0) is 0 Å². The first-order valence-electron chi connectivity index (χ1n) is 3.19. The Balaban J connectivity index is 0. The van der Waals surface area contributed by atoms with Crippen molar-refractivity contribution in [1.82, 2.24) is 0 Å². The van der Waals surface area contributed by atoms with Crippen LogP contribution in [0.2, 0.25) is 0 Å². The summed E-state index contributed by atoms with van der Waals surface area (Å²) in [5, 5.41) is 0. The van der Waals surface area contributed by atoms with Crippen LogP contribution in [0.4, 0.5) is 0 Å². The molecule has 8 heavy (non-hydrogen) atoms. The minimum atomic E-state index is 1.05. The molecular formula is C8H15. The molecule has 0 aliphatic rings. The quantitative estimate of drug-likeness (QED) is 0.480. The van der Waals surface area contributed by atoms with E-state index in [4.69, 9.17) is 6.58 Å². The summed E-state index contributed by atoms with van der Waals surface area (Å²) in [5.74, 6) is 0. The SMILES string of the molecule is CC.[CH]=C=CCCC. The van der Waals surface area contributed by atoms with Crippen LogP contribution in [0.5, 0.6) is 0 Å². The van der Waals surface area contributed by atoms with Gasteiger partial charge in [0.2, 0.25) is 0 Å². The maximum Gasteiger partial charge on any atom is -0.0126 e. The summed E-state index contributed by atoms with van der Waals surface area (Å²) in [6.45, 7) is 11.0. The zero-order valence-corrected chi connectivity index (χ0v) is 6.07. The molecule has 1 radical (unpaired) electrons. The molecule has 0 N–H and O–H groups in total. The molecule has 0 atom stereocenters. The number of unbranched alkanes of at least 4 members (excludes halogenated alkanes) is 1. The first-order valence-corrected chi connectivity index (χ1v) is 3.19. The highest BCUT2D eigenvalue weighted by Crippen LogP contribution is 1.83. The van der Waals surface area contributed by atoms with Crippen LogP contribution in [-0.4, -0.2) is 0 Å². The zero-order chi connectivity index (χ0) is 6.83. The lowest BCUT2D eigenvalue weighted by molar-refractivity contribution is 0.960. The summed E-state index contributed by atoms with van der Waals surface area (Å²) in [5.41, 5.74) is 2.44. The van der Waals surface area contributed by atoms with Gasteiger partial charge in [-0.1, -0.05) is 27.2 Å². The van der Waals surface area contributed by atoms with Crippen molar-refractivity contribution in [2.45, 2.75) is 33.6 Å². The van der Waals surface area contributed by atoms with Gasteiger partial charge in [-0.05, 0) is 19.1 Å². The van der Waals surface area contributed by atoms with Gasteiger partial charge in [0.05, 0.1) is 0 Å². The predicted molar refractivity (Wildman–Crippen MR) is 38.6 cm³/mol. The van der Waals surface area contributed by atoms with Gasteiger partial charge in [-0.25, -0.2) is 0 Å². The lowest BCUT2D eigenvalue weighted by atomic mass is 10.3. The van der Waals surface area contributed by atoms with Gasteiger partial charge in [0.25, 0.3) is 0 Å². The van der Waals surface area contributed by atoms with Gasteiger partial charge in [-0.3, -0.25) is 0 Å². The molecule has 0 heteroatoms.